The van der Waals surface area contributed by atoms with Gasteiger partial charge in [0.2, 0.25) is 0 Å². The topological polar surface area (TPSA) is 68.0 Å². The molecule has 0 aliphatic rings. The van der Waals surface area contributed by atoms with Crippen LogP contribution >= 0.6 is 11.3 Å². The highest BCUT2D eigenvalue weighted by Gasteiger charge is 2.29. The monoisotopic (exact) mass is 259 g/mol. The van der Waals surface area contributed by atoms with Gasteiger partial charge in [-0.1, -0.05) is 0 Å². The molecule has 2 heterocycles. The third kappa shape index (κ3) is 1.91. The molecule has 2 aromatic rings. The summed E-state index contributed by atoms with van der Waals surface area (Å²) in [4.78, 5) is 14.8. The molecular weight excluding hydrogens is 252 g/mol. The maximum atomic E-state index is 12.9. The Morgan fingerprint density at radius 3 is 2.76 bits per heavy atom. The zero-order valence-electron chi connectivity index (χ0n) is 8.59. The van der Waals surface area contributed by atoms with Crippen LogP contribution in [-0.2, 0) is 7.05 Å². The van der Waals surface area contributed by atoms with E-state index in [0.29, 0.717) is 0 Å². The van der Waals surface area contributed by atoms with Gasteiger partial charge >= 0.3 is 5.97 Å². The van der Waals surface area contributed by atoms with Gasteiger partial charge in [0.05, 0.1) is 5.56 Å². The van der Waals surface area contributed by atoms with Gasteiger partial charge in [-0.3, -0.25) is 4.68 Å². The number of rotatable bonds is 3. The Bertz CT molecular complexity index is 551. The quantitative estimate of drug-likeness (QED) is 0.917. The summed E-state index contributed by atoms with van der Waals surface area (Å²) in [5.74, 6) is -1.43. The number of hydrogen-bond donors (Lipinski definition) is 1. The zero-order valence-corrected chi connectivity index (χ0v) is 9.41. The highest BCUT2D eigenvalue weighted by molar-refractivity contribution is 7.13. The SMILES string of the molecule is Cn1nc(-c2nccs2)c(C(F)F)c1C(=O)O. The molecule has 0 unspecified atom stereocenters. The Morgan fingerprint density at radius 2 is 2.29 bits per heavy atom. The number of carbonyl (C=O) groups is 1. The molecule has 8 heteroatoms. The van der Waals surface area contributed by atoms with Gasteiger partial charge < -0.3 is 5.11 Å². The van der Waals surface area contributed by atoms with Crippen molar-refractivity contribution in [3.8, 4) is 10.7 Å². The van der Waals surface area contributed by atoms with Gasteiger partial charge in [-0.15, -0.1) is 11.3 Å². The maximum Gasteiger partial charge on any atom is 0.354 e. The molecule has 2 rings (SSSR count). The van der Waals surface area contributed by atoms with Crippen LogP contribution in [0.2, 0.25) is 0 Å². The molecule has 0 aliphatic heterocycles. The number of thiazole rings is 1. The molecule has 1 N–H and O–H groups in total. The number of carboxylic acid groups (broad SMARTS) is 1. The Hall–Kier alpha value is -1.83. The van der Waals surface area contributed by atoms with Crippen LogP contribution in [-0.4, -0.2) is 25.8 Å². The van der Waals surface area contributed by atoms with Crippen molar-refractivity contribution in [3.05, 3.63) is 22.8 Å². The minimum absolute atomic E-state index is 0.0742. The molecule has 0 aliphatic carbocycles. The van der Waals surface area contributed by atoms with Crippen LogP contribution in [0.5, 0.6) is 0 Å². The largest absolute Gasteiger partial charge is 0.477 e. The van der Waals surface area contributed by atoms with Crippen LogP contribution in [0.3, 0.4) is 0 Å². The second-order valence-electron chi connectivity index (χ2n) is 3.18. The number of alkyl halides is 2. The van der Waals surface area contributed by atoms with Crippen molar-refractivity contribution < 1.29 is 18.7 Å². The standard InChI is InChI=1S/C9H7F2N3O2S/c1-14-6(9(15)16)4(7(10)11)5(13-14)8-12-2-3-17-8/h2-3,7H,1H3,(H,15,16). The highest BCUT2D eigenvalue weighted by Crippen LogP contribution is 2.33. The molecule has 0 fully saturated rings. The van der Waals surface area contributed by atoms with E-state index in [1.807, 2.05) is 0 Å². The first-order chi connectivity index (χ1) is 8.02. The number of carboxylic acids is 1. The Labute approximate surface area is 98.3 Å². The molecule has 0 spiro atoms. The maximum absolute atomic E-state index is 12.9. The second-order valence-corrected chi connectivity index (χ2v) is 4.07. The fourth-order valence-corrected chi connectivity index (χ4v) is 2.13. The summed E-state index contributed by atoms with van der Waals surface area (Å²) in [5, 5.41) is 14.6. The van der Waals surface area contributed by atoms with Crippen LogP contribution in [0, 0.1) is 0 Å². The van der Waals surface area contributed by atoms with Gasteiger partial charge in [-0.25, -0.2) is 18.6 Å². The molecule has 2 aromatic heterocycles. The third-order valence-corrected chi connectivity index (χ3v) is 2.92. The molecule has 0 saturated carbocycles. The first-order valence-corrected chi connectivity index (χ1v) is 5.38. The first-order valence-electron chi connectivity index (χ1n) is 4.50. The summed E-state index contributed by atoms with van der Waals surface area (Å²) in [5.41, 5.74) is -1.17. The van der Waals surface area contributed by atoms with E-state index in [9.17, 15) is 13.6 Å². The van der Waals surface area contributed by atoms with E-state index in [4.69, 9.17) is 5.11 Å². The number of aryl methyl sites for hydroxylation is 1. The number of aromatic carboxylic acids is 1. The Morgan fingerprint density at radius 1 is 1.59 bits per heavy atom. The summed E-state index contributed by atoms with van der Waals surface area (Å²) < 4.78 is 26.8. The lowest BCUT2D eigenvalue weighted by Crippen LogP contribution is -2.08. The molecule has 5 nitrogen and oxygen atoms in total. The van der Waals surface area contributed by atoms with E-state index in [0.717, 1.165) is 16.0 Å². The lowest BCUT2D eigenvalue weighted by molar-refractivity contribution is 0.0672. The fourth-order valence-electron chi connectivity index (χ4n) is 1.50. The van der Waals surface area contributed by atoms with Gasteiger partial charge in [-0.2, -0.15) is 5.10 Å². The normalized spacial score (nSPS) is 11.1. The fraction of sp³-hybridized carbons (Fsp3) is 0.222. The number of aromatic nitrogens is 3. The van der Waals surface area contributed by atoms with Crippen molar-refractivity contribution in [2.24, 2.45) is 7.05 Å². The number of nitrogens with zero attached hydrogens (tertiary/aromatic N) is 3. The molecule has 0 aromatic carbocycles. The summed E-state index contributed by atoms with van der Waals surface area (Å²) in [6.45, 7) is 0. The average Bonchev–Trinajstić information content (AvgIpc) is 2.82. The molecule has 0 bridgehead atoms. The van der Waals surface area contributed by atoms with Crippen molar-refractivity contribution in [1.82, 2.24) is 14.8 Å². The van der Waals surface area contributed by atoms with Crippen LogP contribution in [0.15, 0.2) is 11.6 Å². The molecule has 0 saturated heterocycles. The van der Waals surface area contributed by atoms with Crippen LogP contribution in [0.4, 0.5) is 8.78 Å². The van der Waals surface area contributed by atoms with Gasteiger partial charge in [0.15, 0.2) is 5.69 Å². The lowest BCUT2D eigenvalue weighted by Gasteiger charge is -2.00. The van der Waals surface area contributed by atoms with Crippen molar-refractivity contribution in [2.75, 3.05) is 0 Å². The van der Waals surface area contributed by atoms with Crippen LogP contribution in [0.25, 0.3) is 10.7 Å². The second kappa shape index (κ2) is 4.21. The summed E-state index contributed by atoms with van der Waals surface area (Å²) in [7, 11) is 1.31. The van der Waals surface area contributed by atoms with E-state index in [1.54, 1.807) is 5.38 Å². The number of halogens is 2. The smallest absolute Gasteiger partial charge is 0.354 e. The van der Waals surface area contributed by atoms with E-state index in [1.165, 1.54) is 13.2 Å². The summed E-state index contributed by atoms with van der Waals surface area (Å²) in [6.07, 6.45) is -1.46. The van der Waals surface area contributed by atoms with Gasteiger partial charge in [0, 0.05) is 18.6 Å². The lowest BCUT2D eigenvalue weighted by atomic mass is 10.2. The molecule has 0 atom stereocenters. The number of hydrogen-bond acceptors (Lipinski definition) is 4. The van der Waals surface area contributed by atoms with Crippen LogP contribution in [0.1, 0.15) is 22.5 Å². The minimum Gasteiger partial charge on any atom is -0.477 e. The summed E-state index contributed by atoms with van der Waals surface area (Å²) >= 11 is 1.13. The van der Waals surface area contributed by atoms with Crippen LogP contribution < -0.4 is 0 Å². The van der Waals surface area contributed by atoms with Gasteiger partial charge in [-0.05, 0) is 0 Å². The van der Waals surface area contributed by atoms with Gasteiger partial charge in [0.1, 0.15) is 10.7 Å². The third-order valence-electron chi connectivity index (χ3n) is 2.14. The van der Waals surface area contributed by atoms with Gasteiger partial charge in [0.25, 0.3) is 6.43 Å². The Balaban J connectivity index is 2.69. The molecule has 0 amide bonds. The van der Waals surface area contributed by atoms with Crippen molar-refractivity contribution >= 4 is 17.3 Å². The molecule has 90 valence electrons. The summed E-state index contributed by atoms with van der Waals surface area (Å²) in [6, 6.07) is 0. The molecule has 17 heavy (non-hydrogen) atoms. The van der Waals surface area contributed by atoms with Crippen molar-refractivity contribution in [1.29, 1.82) is 0 Å². The van der Waals surface area contributed by atoms with E-state index >= 15 is 0 Å². The van der Waals surface area contributed by atoms with E-state index < -0.39 is 23.7 Å². The molecular formula is C9H7F2N3O2S. The average molecular weight is 259 g/mol. The first kappa shape index (κ1) is 11.6. The van der Waals surface area contributed by atoms with Crippen molar-refractivity contribution in [2.45, 2.75) is 6.43 Å². The minimum atomic E-state index is -2.91. The van der Waals surface area contributed by atoms with Crippen molar-refractivity contribution in [3.63, 3.8) is 0 Å². The van der Waals surface area contributed by atoms with E-state index in [2.05, 4.69) is 10.1 Å². The molecule has 0 radical (unpaired) electrons. The highest BCUT2D eigenvalue weighted by atomic mass is 32.1. The Kier molecular flexibility index (Phi) is 2.88. The zero-order chi connectivity index (χ0) is 12.6. The predicted octanol–water partition coefficient (Wildman–Crippen LogP) is 2.18. The van der Waals surface area contributed by atoms with E-state index in [-0.39, 0.29) is 10.7 Å². The predicted molar refractivity (Wildman–Crippen MR) is 56.2 cm³/mol.